The summed E-state index contributed by atoms with van der Waals surface area (Å²) in [6.45, 7) is 2.81. The van der Waals surface area contributed by atoms with Gasteiger partial charge < -0.3 is 15.0 Å². The van der Waals surface area contributed by atoms with Crippen LogP contribution >= 0.6 is 23.2 Å². The number of rotatable bonds is 8. The van der Waals surface area contributed by atoms with Gasteiger partial charge in [0, 0.05) is 45.2 Å². The van der Waals surface area contributed by atoms with Crippen molar-refractivity contribution in [3.8, 4) is 0 Å². The number of carbonyl (C=O) groups is 2. The second-order valence-corrected chi connectivity index (χ2v) is 5.56. The van der Waals surface area contributed by atoms with Crippen molar-refractivity contribution in [2.24, 2.45) is 0 Å². The Labute approximate surface area is 140 Å². The topological polar surface area (TPSA) is 58.6 Å². The van der Waals surface area contributed by atoms with Crippen molar-refractivity contribution in [1.29, 1.82) is 0 Å². The summed E-state index contributed by atoms with van der Waals surface area (Å²) in [4.78, 5) is 25.0. The molecule has 1 N–H and O–H groups in total. The van der Waals surface area contributed by atoms with E-state index in [0.29, 0.717) is 28.9 Å². The maximum Gasteiger partial charge on any atom is 0.223 e. The van der Waals surface area contributed by atoms with Crippen molar-refractivity contribution in [1.82, 2.24) is 5.32 Å². The molecule has 5 nitrogen and oxygen atoms in total. The number of amides is 2. The molecule has 0 aromatic heterocycles. The van der Waals surface area contributed by atoms with Crippen LogP contribution in [0.15, 0.2) is 18.2 Å². The van der Waals surface area contributed by atoms with Gasteiger partial charge in [-0.25, -0.2) is 0 Å². The van der Waals surface area contributed by atoms with Crippen LogP contribution in [0.4, 0.5) is 5.69 Å². The van der Waals surface area contributed by atoms with Gasteiger partial charge in [-0.15, -0.1) is 0 Å². The van der Waals surface area contributed by atoms with Gasteiger partial charge in [0.2, 0.25) is 11.8 Å². The van der Waals surface area contributed by atoms with Crippen LogP contribution in [-0.4, -0.2) is 38.6 Å². The Hall–Kier alpha value is -1.30. The van der Waals surface area contributed by atoms with E-state index in [1.807, 2.05) is 0 Å². The lowest BCUT2D eigenvalue weighted by molar-refractivity contribution is -0.121. The summed E-state index contributed by atoms with van der Waals surface area (Å²) in [5.41, 5.74) is 0.508. The first-order chi connectivity index (χ1) is 10.5. The van der Waals surface area contributed by atoms with Crippen LogP contribution < -0.4 is 10.2 Å². The van der Waals surface area contributed by atoms with Crippen LogP contribution in [0.1, 0.15) is 19.8 Å². The third-order valence-electron chi connectivity index (χ3n) is 2.99. The van der Waals surface area contributed by atoms with Gasteiger partial charge in [-0.3, -0.25) is 9.59 Å². The standard InChI is InChI=1S/C15H20Cl2N2O3/c1-11(20)19(14-10-12(16)4-5-13(14)17)8-6-15(21)18-7-3-9-22-2/h4-5,10H,3,6-9H2,1-2H3,(H,18,21). The summed E-state index contributed by atoms with van der Waals surface area (Å²) in [6.07, 6.45) is 0.939. The number of halogens is 2. The van der Waals surface area contributed by atoms with E-state index < -0.39 is 0 Å². The highest BCUT2D eigenvalue weighted by atomic mass is 35.5. The maximum atomic E-state index is 11.8. The Morgan fingerprint density at radius 1 is 1.32 bits per heavy atom. The van der Waals surface area contributed by atoms with Gasteiger partial charge >= 0.3 is 0 Å². The number of hydrogen-bond donors (Lipinski definition) is 1. The summed E-state index contributed by atoms with van der Waals surface area (Å²) in [5, 5.41) is 3.67. The zero-order valence-corrected chi connectivity index (χ0v) is 14.2. The molecule has 1 rings (SSSR count). The predicted octanol–water partition coefficient (Wildman–Crippen LogP) is 2.89. The van der Waals surface area contributed by atoms with Crippen LogP contribution in [-0.2, 0) is 14.3 Å². The molecule has 0 aliphatic heterocycles. The minimum Gasteiger partial charge on any atom is -0.385 e. The molecule has 0 unspecified atom stereocenters. The fraction of sp³-hybridized carbons (Fsp3) is 0.467. The van der Waals surface area contributed by atoms with Crippen molar-refractivity contribution >= 4 is 40.7 Å². The van der Waals surface area contributed by atoms with Gasteiger partial charge in [0.05, 0.1) is 10.7 Å². The zero-order chi connectivity index (χ0) is 16.5. The number of benzene rings is 1. The number of methoxy groups -OCH3 is 1. The lowest BCUT2D eigenvalue weighted by Gasteiger charge is -2.22. The first-order valence-corrected chi connectivity index (χ1v) is 7.70. The molecule has 22 heavy (non-hydrogen) atoms. The van der Waals surface area contributed by atoms with Gasteiger partial charge in [-0.1, -0.05) is 23.2 Å². The van der Waals surface area contributed by atoms with E-state index in [1.54, 1.807) is 25.3 Å². The molecule has 0 fully saturated rings. The first kappa shape index (κ1) is 18.7. The summed E-state index contributed by atoms with van der Waals surface area (Å²) in [5.74, 6) is -0.322. The fourth-order valence-corrected chi connectivity index (χ4v) is 2.27. The highest BCUT2D eigenvalue weighted by molar-refractivity contribution is 6.35. The van der Waals surface area contributed by atoms with Gasteiger partial charge in [-0.05, 0) is 24.6 Å². The third-order valence-corrected chi connectivity index (χ3v) is 3.54. The van der Waals surface area contributed by atoms with E-state index in [-0.39, 0.29) is 24.8 Å². The number of hydrogen-bond acceptors (Lipinski definition) is 3. The van der Waals surface area contributed by atoms with E-state index in [4.69, 9.17) is 27.9 Å². The van der Waals surface area contributed by atoms with E-state index >= 15 is 0 Å². The monoisotopic (exact) mass is 346 g/mol. The smallest absolute Gasteiger partial charge is 0.223 e. The molecule has 0 heterocycles. The van der Waals surface area contributed by atoms with Crippen molar-refractivity contribution < 1.29 is 14.3 Å². The van der Waals surface area contributed by atoms with E-state index in [0.717, 1.165) is 6.42 Å². The molecule has 2 amide bonds. The van der Waals surface area contributed by atoms with E-state index in [2.05, 4.69) is 5.32 Å². The average molecular weight is 347 g/mol. The van der Waals surface area contributed by atoms with Gasteiger partial charge in [0.25, 0.3) is 0 Å². The normalized spacial score (nSPS) is 10.4. The van der Waals surface area contributed by atoms with Crippen LogP contribution in [0.5, 0.6) is 0 Å². The average Bonchev–Trinajstić information content (AvgIpc) is 2.47. The van der Waals surface area contributed by atoms with Crippen molar-refractivity contribution in [3.05, 3.63) is 28.2 Å². The molecule has 0 saturated heterocycles. The minimum absolute atomic E-state index is 0.125. The quantitative estimate of drug-likeness (QED) is 0.736. The van der Waals surface area contributed by atoms with Crippen LogP contribution in [0, 0.1) is 0 Å². The first-order valence-electron chi connectivity index (χ1n) is 6.94. The van der Waals surface area contributed by atoms with E-state index in [9.17, 15) is 9.59 Å². The Kier molecular flexibility index (Phi) is 8.24. The zero-order valence-electron chi connectivity index (χ0n) is 12.7. The molecule has 7 heteroatoms. The molecule has 0 aliphatic rings. The lowest BCUT2D eigenvalue weighted by atomic mass is 10.2. The van der Waals surface area contributed by atoms with Gasteiger partial charge in [-0.2, -0.15) is 0 Å². The van der Waals surface area contributed by atoms with Crippen molar-refractivity contribution in [3.63, 3.8) is 0 Å². The molecule has 0 spiro atoms. The van der Waals surface area contributed by atoms with Crippen molar-refractivity contribution in [2.75, 3.05) is 31.7 Å². The highest BCUT2D eigenvalue weighted by Gasteiger charge is 2.16. The molecular formula is C15H20Cl2N2O3. The maximum absolute atomic E-state index is 11.8. The Morgan fingerprint density at radius 3 is 2.68 bits per heavy atom. The molecule has 1 aromatic rings. The lowest BCUT2D eigenvalue weighted by Crippen LogP contribution is -2.34. The number of ether oxygens (including phenoxy) is 1. The predicted molar refractivity (Wildman–Crippen MR) is 88.6 cm³/mol. The number of nitrogens with one attached hydrogen (secondary N) is 1. The largest absolute Gasteiger partial charge is 0.385 e. The Balaban J connectivity index is 2.60. The number of nitrogens with zero attached hydrogens (tertiary/aromatic N) is 1. The molecule has 0 bridgehead atoms. The number of carbonyl (C=O) groups excluding carboxylic acids is 2. The Morgan fingerprint density at radius 2 is 2.05 bits per heavy atom. The molecule has 0 atom stereocenters. The summed E-state index contributed by atoms with van der Waals surface area (Å²) in [7, 11) is 1.61. The van der Waals surface area contributed by atoms with Crippen molar-refractivity contribution in [2.45, 2.75) is 19.8 Å². The molecule has 0 saturated carbocycles. The minimum atomic E-state index is -0.198. The van der Waals surface area contributed by atoms with Gasteiger partial charge in [0.1, 0.15) is 0 Å². The van der Waals surface area contributed by atoms with Crippen LogP contribution in [0.2, 0.25) is 10.0 Å². The summed E-state index contributed by atoms with van der Waals surface area (Å²) >= 11 is 12.0. The fourth-order valence-electron chi connectivity index (χ4n) is 1.89. The van der Waals surface area contributed by atoms with Gasteiger partial charge in [0.15, 0.2) is 0 Å². The second kappa shape index (κ2) is 9.66. The molecule has 0 aliphatic carbocycles. The molecule has 1 aromatic carbocycles. The second-order valence-electron chi connectivity index (χ2n) is 4.71. The SMILES string of the molecule is COCCCNC(=O)CCN(C(C)=O)c1cc(Cl)ccc1Cl. The molecule has 122 valence electrons. The summed E-state index contributed by atoms with van der Waals surface area (Å²) < 4.78 is 4.90. The third kappa shape index (κ3) is 6.22. The van der Waals surface area contributed by atoms with Crippen LogP contribution in [0.3, 0.4) is 0 Å². The number of anilines is 1. The molecule has 0 radical (unpaired) electrons. The molecular weight excluding hydrogens is 327 g/mol. The highest BCUT2D eigenvalue weighted by Crippen LogP contribution is 2.29. The van der Waals surface area contributed by atoms with Crippen LogP contribution in [0.25, 0.3) is 0 Å². The van der Waals surface area contributed by atoms with E-state index in [1.165, 1.54) is 11.8 Å². The summed E-state index contributed by atoms with van der Waals surface area (Å²) in [6, 6.07) is 4.88. The Bertz CT molecular complexity index is 524.